The van der Waals surface area contributed by atoms with Crippen molar-refractivity contribution in [1.29, 1.82) is 0 Å². The topological polar surface area (TPSA) is 17.8 Å². The van der Waals surface area contributed by atoms with Gasteiger partial charge in [0.25, 0.3) is 0 Å². The summed E-state index contributed by atoms with van der Waals surface area (Å²) >= 11 is 3.32. The lowest BCUT2D eigenvalue weighted by Crippen LogP contribution is -2.01. The minimum absolute atomic E-state index is 0.912. The molecular formula is C9H11BrN2. The van der Waals surface area contributed by atoms with Gasteiger partial charge in [-0.05, 0) is 41.3 Å². The lowest BCUT2D eigenvalue weighted by molar-refractivity contribution is 0.632. The van der Waals surface area contributed by atoms with Gasteiger partial charge in [-0.2, -0.15) is 5.10 Å². The Morgan fingerprint density at radius 3 is 2.92 bits per heavy atom. The molecule has 64 valence electrons. The van der Waals surface area contributed by atoms with E-state index >= 15 is 0 Å². The van der Waals surface area contributed by atoms with Crippen molar-refractivity contribution in [2.45, 2.75) is 25.8 Å². The Labute approximate surface area is 80.4 Å². The lowest BCUT2D eigenvalue weighted by Gasteiger charge is -2.15. The van der Waals surface area contributed by atoms with Crippen LogP contribution in [0.5, 0.6) is 0 Å². The predicted octanol–water partition coefficient (Wildman–Crippen LogP) is 2.76. The van der Waals surface area contributed by atoms with Crippen molar-refractivity contribution in [3.63, 3.8) is 0 Å². The summed E-state index contributed by atoms with van der Waals surface area (Å²) in [6.45, 7) is 0.918. The Morgan fingerprint density at radius 2 is 2.42 bits per heavy atom. The molecule has 0 atom stereocenters. The largest absolute Gasteiger partial charge is 0.268 e. The van der Waals surface area contributed by atoms with Gasteiger partial charge in [0.2, 0.25) is 0 Å². The van der Waals surface area contributed by atoms with E-state index in [0.29, 0.717) is 0 Å². The molecule has 0 spiro atoms. The van der Waals surface area contributed by atoms with Crippen LogP contribution in [0.4, 0.5) is 0 Å². The summed E-state index contributed by atoms with van der Waals surface area (Å²) in [6, 6.07) is 1.96. The number of hydrogen-bond acceptors (Lipinski definition) is 1. The molecule has 3 heteroatoms. The summed E-state index contributed by atoms with van der Waals surface area (Å²) in [6.07, 6.45) is 8.22. The number of aromatic nitrogens is 2. The summed E-state index contributed by atoms with van der Waals surface area (Å²) in [4.78, 5) is 0. The van der Waals surface area contributed by atoms with Crippen LogP contribution in [0.25, 0.3) is 0 Å². The fourth-order valence-corrected chi connectivity index (χ4v) is 1.57. The second-order valence-corrected chi connectivity index (χ2v) is 3.89. The highest BCUT2D eigenvalue weighted by molar-refractivity contribution is 9.10. The first-order valence-corrected chi connectivity index (χ1v) is 5.01. The molecule has 12 heavy (non-hydrogen) atoms. The molecule has 0 radical (unpaired) electrons. The van der Waals surface area contributed by atoms with Crippen LogP contribution in [-0.2, 0) is 6.54 Å². The first kappa shape index (κ1) is 8.05. The maximum Gasteiger partial charge on any atom is 0.128 e. The van der Waals surface area contributed by atoms with E-state index < -0.39 is 0 Å². The van der Waals surface area contributed by atoms with Gasteiger partial charge < -0.3 is 0 Å². The molecule has 1 heterocycles. The molecule has 1 saturated carbocycles. The maximum atomic E-state index is 4.23. The molecule has 0 saturated heterocycles. The number of hydrogen-bond donors (Lipinski definition) is 0. The van der Waals surface area contributed by atoms with Crippen LogP contribution in [0.15, 0.2) is 28.5 Å². The van der Waals surface area contributed by atoms with Crippen molar-refractivity contribution in [2.24, 2.45) is 0 Å². The minimum Gasteiger partial charge on any atom is -0.268 e. The van der Waals surface area contributed by atoms with Crippen molar-refractivity contribution in [3.05, 3.63) is 28.5 Å². The molecule has 2 nitrogen and oxygen atoms in total. The zero-order chi connectivity index (χ0) is 8.39. The third-order valence-corrected chi connectivity index (χ3v) is 2.59. The van der Waals surface area contributed by atoms with E-state index in [-0.39, 0.29) is 0 Å². The lowest BCUT2D eigenvalue weighted by atomic mass is 9.92. The van der Waals surface area contributed by atoms with E-state index in [4.69, 9.17) is 0 Å². The van der Waals surface area contributed by atoms with Crippen LogP contribution in [0.2, 0.25) is 0 Å². The highest BCUT2D eigenvalue weighted by Crippen LogP contribution is 2.24. The summed E-state index contributed by atoms with van der Waals surface area (Å²) in [5.41, 5.74) is 1.58. The van der Waals surface area contributed by atoms with E-state index in [1.54, 1.807) is 5.57 Å². The summed E-state index contributed by atoms with van der Waals surface area (Å²) in [5, 5.41) is 4.23. The molecule has 1 aliphatic carbocycles. The molecule has 0 N–H and O–H groups in total. The predicted molar refractivity (Wildman–Crippen MR) is 51.9 cm³/mol. The third-order valence-electron chi connectivity index (χ3n) is 2.17. The zero-order valence-electron chi connectivity index (χ0n) is 6.83. The van der Waals surface area contributed by atoms with Gasteiger partial charge >= 0.3 is 0 Å². The monoisotopic (exact) mass is 226 g/mol. The normalized spacial score (nSPS) is 15.9. The summed E-state index contributed by atoms with van der Waals surface area (Å²) in [5.74, 6) is 0. The van der Waals surface area contributed by atoms with Gasteiger partial charge in [0, 0.05) is 6.20 Å². The van der Waals surface area contributed by atoms with Crippen molar-refractivity contribution in [2.75, 3.05) is 0 Å². The van der Waals surface area contributed by atoms with Crippen LogP contribution >= 0.6 is 15.9 Å². The molecule has 0 bridgehead atoms. The molecule has 0 amide bonds. The van der Waals surface area contributed by atoms with Crippen molar-refractivity contribution in [1.82, 2.24) is 9.78 Å². The minimum atomic E-state index is 0.912. The maximum absolute atomic E-state index is 4.23. The molecule has 1 aromatic rings. The van der Waals surface area contributed by atoms with Crippen LogP contribution in [0.3, 0.4) is 0 Å². The fraction of sp³-hybridized carbons (Fsp3) is 0.444. The average molecular weight is 227 g/mol. The highest BCUT2D eigenvalue weighted by Gasteiger charge is 2.06. The highest BCUT2D eigenvalue weighted by atomic mass is 79.9. The molecule has 1 aromatic heterocycles. The van der Waals surface area contributed by atoms with Crippen molar-refractivity contribution >= 4 is 15.9 Å². The molecule has 0 aliphatic heterocycles. The van der Waals surface area contributed by atoms with E-state index in [0.717, 1.165) is 11.1 Å². The Hall–Kier alpha value is -0.570. The van der Waals surface area contributed by atoms with Gasteiger partial charge in [0.05, 0.1) is 6.54 Å². The van der Waals surface area contributed by atoms with Gasteiger partial charge in [-0.25, -0.2) is 0 Å². The Bertz CT molecular complexity index is 295. The second kappa shape index (κ2) is 3.44. The molecule has 1 fully saturated rings. The third kappa shape index (κ3) is 1.78. The Morgan fingerprint density at radius 1 is 1.58 bits per heavy atom. The second-order valence-electron chi connectivity index (χ2n) is 3.08. The SMILES string of the molecule is Brc1ccn(CC=C2CCC2)n1. The zero-order valence-corrected chi connectivity index (χ0v) is 8.42. The van der Waals surface area contributed by atoms with Crippen LogP contribution in [0.1, 0.15) is 19.3 Å². The summed E-state index contributed by atoms with van der Waals surface area (Å²) in [7, 11) is 0. The number of nitrogens with zero attached hydrogens (tertiary/aromatic N) is 2. The first-order valence-electron chi connectivity index (χ1n) is 4.21. The van der Waals surface area contributed by atoms with Gasteiger partial charge in [-0.3, -0.25) is 4.68 Å². The number of rotatable bonds is 2. The summed E-state index contributed by atoms with van der Waals surface area (Å²) < 4.78 is 2.85. The quantitative estimate of drug-likeness (QED) is 0.710. The first-order chi connectivity index (χ1) is 5.84. The van der Waals surface area contributed by atoms with Gasteiger partial charge in [0.15, 0.2) is 0 Å². The van der Waals surface area contributed by atoms with Crippen LogP contribution in [-0.4, -0.2) is 9.78 Å². The fourth-order valence-electron chi connectivity index (χ4n) is 1.25. The Balaban J connectivity index is 1.95. The van der Waals surface area contributed by atoms with E-state index in [1.807, 2.05) is 16.9 Å². The molecule has 1 aliphatic rings. The molecule has 2 rings (SSSR count). The smallest absolute Gasteiger partial charge is 0.128 e. The van der Waals surface area contributed by atoms with Gasteiger partial charge in [-0.15, -0.1) is 0 Å². The van der Waals surface area contributed by atoms with Crippen LogP contribution < -0.4 is 0 Å². The van der Waals surface area contributed by atoms with Crippen molar-refractivity contribution < 1.29 is 0 Å². The Kier molecular flexibility index (Phi) is 2.30. The van der Waals surface area contributed by atoms with Crippen LogP contribution in [0, 0.1) is 0 Å². The van der Waals surface area contributed by atoms with Gasteiger partial charge in [-0.1, -0.05) is 11.6 Å². The molecule has 0 unspecified atom stereocenters. The standard InChI is InChI=1S/C9H11BrN2/c10-9-5-7-12(11-9)6-4-8-2-1-3-8/h4-5,7H,1-3,6H2. The van der Waals surface area contributed by atoms with E-state index in [9.17, 15) is 0 Å². The number of halogens is 1. The van der Waals surface area contributed by atoms with E-state index in [2.05, 4.69) is 27.1 Å². The van der Waals surface area contributed by atoms with Crippen molar-refractivity contribution in [3.8, 4) is 0 Å². The van der Waals surface area contributed by atoms with Gasteiger partial charge in [0.1, 0.15) is 4.60 Å². The average Bonchev–Trinajstić information content (AvgIpc) is 2.32. The van der Waals surface area contributed by atoms with E-state index in [1.165, 1.54) is 19.3 Å². The number of allylic oxidation sites excluding steroid dienone is 2. The molecule has 0 aromatic carbocycles. The molecular weight excluding hydrogens is 216 g/mol.